The lowest BCUT2D eigenvalue weighted by atomic mass is 9.46. The zero-order chi connectivity index (χ0) is 42.7. The molecule has 1 aliphatic heterocycles. The van der Waals surface area contributed by atoms with E-state index >= 15 is 0 Å². The Labute approximate surface area is 336 Å². The van der Waals surface area contributed by atoms with Crippen LogP contribution in [0.3, 0.4) is 0 Å². The molecule has 0 spiro atoms. The van der Waals surface area contributed by atoms with Crippen LogP contribution < -0.4 is 5.32 Å². The first-order chi connectivity index (χ1) is 27.0. The number of aliphatic carboxylic acids is 1. The van der Waals surface area contributed by atoms with E-state index in [4.69, 9.17) is 18.9 Å². The van der Waals surface area contributed by atoms with Crippen molar-refractivity contribution in [3.05, 3.63) is 82.4 Å². The smallest absolute Gasteiger partial charge is 0.408 e. The minimum Gasteiger partial charge on any atom is -0.481 e. The molecule has 1 saturated heterocycles. The Bertz CT molecular complexity index is 1990. The number of carbonyl (C=O) groups excluding carboxylic acids is 4. The standard InChI is InChI=1S/C43H53NO14/c1-21-27(56-38(52)34(49)32(22-13-9-8-10-14-22)44-39(53)58-40(2,3)4)19-43(54)36(57-37(51)24-16-12-11-15-23(24)17-29(46)47)31-25-20-55-26(25)18-28(45)42(31,7)35(50)33(48)30(21)41(43,5)6/h8-16,25-28,31-34,36,45,48-49,54H,17-20H2,1-7H3,(H,44,53)(H,46,47)/t25-,26-,27+,28+,31?,32+,33-,34-,36+,42-,43-/m1/s1. The number of aliphatic hydroxyl groups is 4. The molecule has 314 valence electrons. The SMILES string of the molecule is CC1=C2[C@@H](O)C(=O)[C@@]3(C)C([C@@H]4CO[C@@H]4C[C@@H]3O)[C@H](OC(=O)c3ccccc3CC(=O)O)[C@](O)(C[C@@H]1OC(=O)[C@H](O)[C@@H](NC(=O)OC(C)(C)C)c1ccccc1)C2(C)C. The molecule has 6 rings (SSSR count). The van der Waals surface area contributed by atoms with E-state index < -0.39 is 119 Å². The van der Waals surface area contributed by atoms with Gasteiger partial charge in [0.2, 0.25) is 0 Å². The van der Waals surface area contributed by atoms with Gasteiger partial charge in [-0.05, 0) is 63.0 Å². The summed E-state index contributed by atoms with van der Waals surface area (Å²) in [7, 11) is 0. The van der Waals surface area contributed by atoms with Gasteiger partial charge in [0.1, 0.15) is 29.5 Å². The number of amides is 1. The zero-order valence-corrected chi connectivity index (χ0v) is 33.6. The van der Waals surface area contributed by atoms with Crippen LogP contribution in [0.25, 0.3) is 0 Å². The maximum absolute atomic E-state index is 14.8. The number of aliphatic hydroxyl groups excluding tert-OH is 3. The number of esters is 2. The fourth-order valence-corrected chi connectivity index (χ4v) is 9.56. The lowest BCUT2D eigenvalue weighted by Crippen LogP contribution is -2.75. The van der Waals surface area contributed by atoms with E-state index in [2.05, 4.69) is 5.32 Å². The van der Waals surface area contributed by atoms with Crippen molar-refractivity contribution in [1.82, 2.24) is 5.32 Å². The van der Waals surface area contributed by atoms with Crippen molar-refractivity contribution < 1.29 is 68.5 Å². The molecule has 1 heterocycles. The Morgan fingerprint density at radius 2 is 1.62 bits per heavy atom. The molecule has 3 aliphatic carbocycles. The molecule has 0 radical (unpaired) electrons. The minimum atomic E-state index is -2.26. The van der Waals surface area contributed by atoms with Gasteiger partial charge in [0.15, 0.2) is 11.9 Å². The number of ketones is 1. The molecule has 3 fully saturated rings. The van der Waals surface area contributed by atoms with E-state index in [0.29, 0.717) is 5.56 Å². The van der Waals surface area contributed by atoms with Crippen LogP contribution >= 0.6 is 0 Å². The van der Waals surface area contributed by atoms with Crippen LogP contribution in [-0.2, 0) is 39.8 Å². The highest BCUT2D eigenvalue weighted by molar-refractivity contribution is 5.94. The van der Waals surface area contributed by atoms with Gasteiger partial charge in [0.05, 0.1) is 42.3 Å². The van der Waals surface area contributed by atoms with E-state index in [-0.39, 0.29) is 35.3 Å². The third-order valence-corrected chi connectivity index (χ3v) is 12.8. The molecule has 2 saturated carbocycles. The molecule has 4 aliphatic rings. The molecule has 0 aromatic heterocycles. The van der Waals surface area contributed by atoms with Crippen molar-refractivity contribution in [3.8, 4) is 0 Å². The number of carboxylic acids is 1. The summed E-state index contributed by atoms with van der Waals surface area (Å²) in [6.45, 7) is 11.2. The van der Waals surface area contributed by atoms with Gasteiger partial charge in [-0.15, -0.1) is 0 Å². The number of alkyl carbamates (subject to hydrolysis) is 1. The summed E-state index contributed by atoms with van der Waals surface area (Å²) in [6, 6.07) is 12.7. The second-order valence-corrected chi connectivity index (χ2v) is 17.7. The topological polar surface area (TPSA) is 235 Å². The number of hydrogen-bond acceptors (Lipinski definition) is 13. The third-order valence-electron chi connectivity index (χ3n) is 12.8. The van der Waals surface area contributed by atoms with Gasteiger partial charge in [0, 0.05) is 30.1 Å². The van der Waals surface area contributed by atoms with Gasteiger partial charge in [-0.25, -0.2) is 14.4 Å². The van der Waals surface area contributed by atoms with Crippen LogP contribution in [0.4, 0.5) is 4.79 Å². The first-order valence-corrected chi connectivity index (χ1v) is 19.4. The first kappa shape index (κ1) is 42.9. The molecule has 2 aromatic rings. The maximum atomic E-state index is 14.8. The Morgan fingerprint density at radius 3 is 2.22 bits per heavy atom. The molecule has 11 atom stereocenters. The lowest BCUT2D eigenvalue weighted by Gasteiger charge is -2.64. The monoisotopic (exact) mass is 807 g/mol. The summed E-state index contributed by atoms with van der Waals surface area (Å²) in [6.07, 6.45) is -10.9. The number of ether oxygens (including phenoxy) is 4. The predicted molar refractivity (Wildman–Crippen MR) is 204 cm³/mol. The van der Waals surface area contributed by atoms with Gasteiger partial charge >= 0.3 is 24.0 Å². The highest BCUT2D eigenvalue weighted by Crippen LogP contribution is 2.62. The van der Waals surface area contributed by atoms with Gasteiger partial charge in [0.25, 0.3) is 0 Å². The number of carbonyl (C=O) groups is 5. The van der Waals surface area contributed by atoms with Crippen LogP contribution in [0.1, 0.15) is 88.8 Å². The second-order valence-electron chi connectivity index (χ2n) is 17.7. The fourth-order valence-electron chi connectivity index (χ4n) is 9.56. The fraction of sp³-hybridized carbons (Fsp3) is 0.558. The molecular weight excluding hydrogens is 754 g/mol. The zero-order valence-electron chi connectivity index (χ0n) is 33.6. The van der Waals surface area contributed by atoms with E-state index in [0.717, 1.165) is 0 Å². The van der Waals surface area contributed by atoms with Crippen molar-refractivity contribution in [2.45, 2.75) is 122 Å². The van der Waals surface area contributed by atoms with Gasteiger partial charge < -0.3 is 49.8 Å². The van der Waals surface area contributed by atoms with Crippen LogP contribution in [0.15, 0.2) is 65.7 Å². The number of benzene rings is 2. The quantitative estimate of drug-likeness (QED) is 0.121. The van der Waals surface area contributed by atoms with Crippen molar-refractivity contribution in [2.75, 3.05) is 6.61 Å². The van der Waals surface area contributed by atoms with Crippen molar-refractivity contribution >= 4 is 29.8 Å². The Morgan fingerprint density at radius 1 is 0.983 bits per heavy atom. The van der Waals surface area contributed by atoms with E-state index in [1.165, 1.54) is 32.0 Å². The number of Topliss-reactive ketones (excluding diaryl/α,β-unsaturated/α-hetero) is 1. The molecule has 15 nitrogen and oxygen atoms in total. The molecule has 2 aromatic carbocycles. The van der Waals surface area contributed by atoms with Gasteiger partial charge in [-0.2, -0.15) is 0 Å². The molecule has 1 unspecified atom stereocenters. The summed E-state index contributed by atoms with van der Waals surface area (Å²) in [5.41, 5.74) is -6.01. The third kappa shape index (κ3) is 7.43. The molecule has 58 heavy (non-hydrogen) atoms. The Hall–Kier alpha value is -4.67. The van der Waals surface area contributed by atoms with E-state index in [1.54, 1.807) is 71.0 Å². The van der Waals surface area contributed by atoms with Crippen LogP contribution in [0.2, 0.25) is 0 Å². The first-order valence-electron chi connectivity index (χ1n) is 19.4. The second kappa shape index (κ2) is 15.5. The average Bonchev–Trinajstić information content (AvgIpc) is 3.13. The Kier molecular flexibility index (Phi) is 11.5. The van der Waals surface area contributed by atoms with Gasteiger partial charge in [-0.3, -0.25) is 9.59 Å². The summed E-state index contributed by atoms with van der Waals surface area (Å²) in [5, 5.41) is 60.8. The normalized spacial score (nSPS) is 32.5. The predicted octanol–water partition coefficient (Wildman–Crippen LogP) is 3.20. The molecule has 15 heteroatoms. The van der Waals surface area contributed by atoms with Crippen LogP contribution in [0, 0.1) is 22.7 Å². The van der Waals surface area contributed by atoms with Crippen molar-refractivity contribution in [1.29, 1.82) is 0 Å². The van der Waals surface area contributed by atoms with Crippen LogP contribution in [0.5, 0.6) is 0 Å². The molecular formula is C43H53NO14. The Balaban J connectivity index is 1.45. The number of rotatable bonds is 9. The highest BCUT2D eigenvalue weighted by Gasteiger charge is 2.72. The number of carboxylic acid groups (broad SMARTS) is 1. The van der Waals surface area contributed by atoms with Crippen LogP contribution in [-0.4, -0.2) is 110 Å². The number of nitrogens with one attached hydrogen (secondary N) is 1. The van der Waals surface area contributed by atoms with Crippen molar-refractivity contribution in [2.24, 2.45) is 22.7 Å². The van der Waals surface area contributed by atoms with Gasteiger partial charge in [-0.1, -0.05) is 62.4 Å². The maximum Gasteiger partial charge on any atom is 0.408 e. The molecule has 1 amide bonds. The number of hydrogen-bond donors (Lipinski definition) is 6. The minimum absolute atomic E-state index is 0.0313. The van der Waals surface area contributed by atoms with E-state index in [1.807, 2.05) is 0 Å². The van der Waals surface area contributed by atoms with Crippen molar-refractivity contribution in [3.63, 3.8) is 0 Å². The largest absolute Gasteiger partial charge is 0.481 e. The molecule has 2 bridgehead atoms. The lowest BCUT2D eigenvalue weighted by molar-refractivity contribution is -0.277. The highest BCUT2D eigenvalue weighted by atomic mass is 16.6. The molecule has 6 N–H and O–H groups in total. The average molecular weight is 808 g/mol. The van der Waals surface area contributed by atoms with E-state index in [9.17, 15) is 49.5 Å². The number of fused-ring (bicyclic) bond motifs is 5. The summed E-state index contributed by atoms with van der Waals surface area (Å²) in [5.74, 6) is -5.93. The summed E-state index contributed by atoms with van der Waals surface area (Å²) in [4.78, 5) is 67.8. The summed E-state index contributed by atoms with van der Waals surface area (Å²) < 4.78 is 23.5. The summed E-state index contributed by atoms with van der Waals surface area (Å²) >= 11 is 0.